The third-order valence-electron chi connectivity index (χ3n) is 2.17. The van der Waals surface area contributed by atoms with Crippen molar-refractivity contribution in [1.29, 1.82) is 0 Å². The average Bonchev–Trinajstić information content (AvgIpc) is 2.38. The molecule has 0 bridgehead atoms. The molecule has 1 aliphatic rings. The fourth-order valence-electron chi connectivity index (χ4n) is 1.40. The van der Waals surface area contributed by atoms with Crippen LogP contribution in [-0.2, 0) is 0 Å². The molecule has 1 heterocycles. The van der Waals surface area contributed by atoms with Crippen LogP contribution < -0.4 is 5.32 Å². The molecule has 1 N–H and O–H groups in total. The first-order valence-electron chi connectivity index (χ1n) is 5.25. The second-order valence-electron chi connectivity index (χ2n) is 3.44. The Labute approximate surface area is 108 Å². The maximum atomic E-state index is 11.1. The third-order valence-corrected chi connectivity index (χ3v) is 4.47. The summed E-state index contributed by atoms with van der Waals surface area (Å²) in [7, 11) is 0. The summed E-state index contributed by atoms with van der Waals surface area (Å²) in [6.07, 6.45) is 1.05. The molecular formula is C11H12N2O2S2. The molecule has 1 aromatic carbocycles. The van der Waals surface area contributed by atoms with Gasteiger partial charge in [-0.3, -0.25) is 10.1 Å². The van der Waals surface area contributed by atoms with Crippen molar-refractivity contribution in [2.75, 3.05) is 12.3 Å². The maximum absolute atomic E-state index is 11.1. The summed E-state index contributed by atoms with van der Waals surface area (Å²) < 4.78 is 0. The van der Waals surface area contributed by atoms with Gasteiger partial charge in [-0.05, 0) is 30.3 Å². The molecule has 4 nitrogen and oxygen atoms in total. The highest BCUT2D eigenvalue weighted by Gasteiger charge is 2.22. The molecule has 0 saturated carbocycles. The van der Waals surface area contributed by atoms with E-state index in [1.54, 1.807) is 0 Å². The van der Waals surface area contributed by atoms with Gasteiger partial charge >= 0.3 is 5.03 Å². The van der Waals surface area contributed by atoms with Gasteiger partial charge in [-0.25, -0.2) is 0 Å². The van der Waals surface area contributed by atoms with E-state index in [9.17, 15) is 10.1 Å². The molecule has 1 fully saturated rings. The quantitative estimate of drug-likeness (QED) is 0.519. The van der Waals surface area contributed by atoms with Crippen molar-refractivity contribution in [1.82, 2.24) is 5.32 Å². The van der Waals surface area contributed by atoms with E-state index < -0.39 is 0 Å². The molecule has 0 unspecified atom stereocenters. The second kappa shape index (κ2) is 5.97. The SMILES string of the molecule is O=[N+]([O-])C(Sc1ccccc1)=C1NCCCS1. The van der Waals surface area contributed by atoms with E-state index in [4.69, 9.17) is 0 Å². The van der Waals surface area contributed by atoms with E-state index in [2.05, 4.69) is 5.32 Å². The van der Waals surface area contributed by atoms with Gasteiger partial charge in [-0.2, -0.15) is 0 Å². The van der Waals surface area contributed by atoms with Crippen LogP contribution in [-0.4, -0.2) is 17.2 Å². The van der Waals surface area contributed by atoms with Crippen LogP contribution >= 0.6 is 23.5 Å². The van der Waals surface area contributed by atoms with Crippen LogP contribution in [0.4, 0.5) is 0 Å². The first-order valence-corrected chi connectivity index (χ1v) is 7.06. The molecule has 17 heavy (non-hydrogen) atoms. The minimum absolute atomic E-state index is 0.195. The van der Waals surface area contributed by atoms with Gasteiger partial charge in [0, 0.05) is 17.2 Å². The Hall–Kier alpha value is -1.14. The number of rotatable bonds is 3. The van der Waals surface area contributed by atoms with Gasteiger partial charge in [0.05, 0.1) is 4.92 Å². The molecular weight excluding hydrogens is 256 g/mol. The second-order valence-corrected chi connectivity index (χ2v) is 5.60. The highest BCUT2D eigenvalue weighted by molar-refractivity contribution is 8.06. The predicted octanol–water partition coefficient (Wildman–Crippen LogP) is 2.91. The molecule has 0 aliphatic carbocycles. The van der Waals surface area contributed by atoms with E-state index in [1.165, 1.54) is 23.5 Å². The van der Waals surface area contributed by atoms with E-state index >= 15 is 0 Å². The lowest BCUT2D eigenvalue weighted by Gasteiger charge is -2.15. The van der Waals surface area contributed by atoms with Gasteiger partial charge in [0.1, 0.15) is 0 Å². The van der Waals surface area contributed by atoms with Crippen molar-refractivity contribution < 1.29 is 4.92 Å². The molecule has 6 heteroatoms. The van der Waals surface area contributed by atoms with Crippen molar-refractivity contribution in [2.45, 2.75) is 11.3 Å². The van der Waals surface area contributed by atoms with Crippen LogP contribution in [0.25, 0.3) is 0 Å². The van der Waals surface area contributed by atoms with Crippen LogP contribution in [0.5, 0.6) is 0 Å². The van der Waals surface area contributed by atoms with Gasteiger partial charge in [0.25, 0.3) is 0 Å². The fraction of sp³-hybridized carbons (Fsp3) is 0.273. The first-order chi connectivity index (χ1) is 8.27. The lowest BCUT2D eigenvalue weighted by Crippen LogP contribution is -2.21. The standard InChI is InChI=1S/C11H12N2O2S2/c14-13(15)11(10-12-7-4-8-16-10)17-9-5-2-1-3-6-9/h1-3,5-6,12H,4,7-8H2. The molecule has 2 rings (SSSR count). The minimum Gasteiger partial charge on any atom is -0.374 e. The summed E-state index contributed by atoms with van der Waals surface area (Å²) in [5.74, 6) is 0.940. The molecule has 0 radical (unpaired) electrons. The maximum Gasteiger partial charge on any atom is 0.337 e. The number of nitro groups is 1. The lowest BCUT2D eigenvalue weighted by molar-refractivity contribution is -0.411. The summed E-state index contributed by atoms with van der Waals surface area (Å²) in [4.78, 5) is 11.7. The number of hydrogen-bond acceptors (Lipinski definition) is 5. The minimum atomic E-state index is -0.307. The van der Waals surface area contributed by atoms with Crippen molar-refractivity contribution in [2.24, 2.45) is 0 Å². The Bertz CT molecular complexity index is 426. The van der Waals surface area contributed by atoms with Crippen LogP contribution in [0.3, 0.4) is 0 Å². The molecule has 1 aliphatic heterocycles. The normalized spacial score (nSPS) is 18.4. The van der Waals surface area contributed by atoms with Crippen molar-refractivity contribution in [3.63, 3.8) is 0 Å². The van der Waals surface area contributed by atoms with Gasteiger partial charge in [-0.1, -0.05) is 18.2 Å². The number of hydrogen-bond donors (Lipinski definition) is 1. The Morgan fingerprint density at radius 2 is 2.18 bits per heavy atom. The third kappa shape index (κ3) is 3.41. The molecule has 90 valence electrons. The Morgan fingerprint density at radius 1 is 1.41 bits per heavy atom. The zero-order chi connectivity index (χ0) is 12.1. The van der Waals surface area contributed by atoms with E-state index in [-0.39, 0.29) is 9.95 Å². The first kappa shape index (κ1) is 12.3. The molecule has 0 aromatic heterocycles. The number of nitrogens with one attached hydrogen (secondary N) is 1. The summed E-state index contributed by atoms with van der Waals surface area (Å²) in [6.45, 7) is 0.815. The van der Waals surface area contributed by atoms with Crippen molar-refractivity contribution >= 4 is 23.5 Å². The van der Waals surface area contributed by atoms with Crippen LogP contribution in [0.15, 0.2) is 45.3 Å². The molecule has 1 aromatic rings. The van der Waals surface area contributed by atoms with Crippen molar-refractivity contribution in [3.05, 3.63) is 50.5 Å². The zero-order valence-electron chi connectivity index (χ0n) is 9.09. The molecule has 1 saturated heterocycles. The van der Waals surface area contributed by atoms with Crippen LogP contribution in [0.1, 0.15) is 6.42 Å². The van der Waals surface area contributed by atoms with Gasteiger partial charge in [0.2, 0.25) is 0 Å². The Kier molecular flexibility index (Phi) is 4.33. The fourth-order valence-corrected chi connectivity index (χ4v) is 3.36. The van der Waals surface area contributed by atoms with Crippen molar-refractivity contribution in [3.8, 4) is 0 Å². The summed E-state index contributed by atoms with van der Waals surface area (Å²) >= 11 is 2.73. The van der Waals surface area contributed by atoms with E-state index in [0.717, 1.165) is 23.6 Å². The van der Waals surface area contributed by atoms with E-state index in [1.807, 2.05) is 30.3 Å². The van der Waals surface area contributed by atoms with Crippen LogP contribution in [0, 0.1) is 10.1 Å². The number of benzene rings is 1. The Morgan fingerprint density at radius 3 is 2.76 bits per heavy atom. The van der Waals surface area contributed by atoms with E-state index in [0.29, 0.717) is 5.03 Å². The zero-order valence-corrected chi connectivity index (χ0v) is 10.7. The predicted molar refractivity (Wildman–Crippen MR) is 71.4 cm³/mol. The average molecular weight is 268 g/mol. The monoisotopic (exact) mass is 268 g/mol. The molecule has 0 atom stereocenters. The molecule has 0 spiro atoms. The van der Waals surface area contributed by atoms with Gasteiger partial charge in [0.15, 0.2) is 5.03 Å². The van der Waals surface area contributed by atoms with Crippen LogP contribution in [0.2, 0.25) is 0 Å². The highest BCUT2D eigenvalue weighted by atomic mass is 32.2. The smallest absolute Gasteiger partial charge is 0.337 e. The largest absolute Gasteiger partial charge is 0.374 e. The van der Waals surface area contributed by atoms with Gasteiger partial charge in [-0.15, -0.1) is 11.8 Å². The molecule has 0 amide bonds. The highest BCUT2D eigenvalue weighted by Crippen LogP contribution is 2.33. The Balaban J connectivity index is 2.21. The summed E-state index contributed by atoms with van der Waals surface area (Å²) in [5, 5.41) is 15.1. The summed E-state index contributed by atoms with van der Waals surface area (Å²) in [5.41, 5.74) is 0. The van der Waals surface area contributed by atoms with Gasteiger partial charge < -0.3 is 5.32 Å². The lowest BCUT2D eigenvalue weighted by atomic mass is 10.4. The topological polar surface area (TPSA) is 55.2 Å². The number of nitrogens with zero attached hydrogens (tertiary/aromatic N) is 1. The number of thioether (sulfide) groups is 2. The summed E-state index contributed by atoms with van der Waals surface area (Å²) in [6, 6.07) is 9.42.